The lowest BCUT2D eigenvalue weighted by Gasteiger charge is -2.28. The van der Waals surface area contributed by atoms with E-state index in [1.807, 2.05) is 93.8 Å². The second-order valence-electron chi connectivity index (χ2n) is 17.8. The van der Waals surface area contributed by atoms with Crippen molar-refractivity contribution in [3.05, 3.63) is 102 Å². The van der Waals surface area contributed by atoms with Crippen LogP contribution in [0.1, 0.15) is 90.8 Å². The summed E-state index contributed by atoms with van der Waals surface area (Å²) in [4.78, 5) is 93.9. The van der Waals surface area contributed by atoms with Crippen LogP contribution in [0, 0.1) is 11.8 Å². The lowest BCUT2D eigenvalue weighted by atomic mass is 10.00. The number of nitrogens with two attached hydrogens (primary N) is 2. The molecule has 0 aliphatic rings. The average Bonchev–Trinajstić information content (AvgIpc) is 3.25. The quantitative estimate of drug-likeness (QED) is 0.0329. The molecule has 0 saturated heterocycles. The molecule has 0 unspecified atom stereocenters. The SMILES string of the molecule is CC(C)C[C@H](NC(=O)[C@H](CCC(N)=O)NC(=O)[C@H](Cc1ccc(OCc2ccccc2)cc1)NC(=O)[C@H](CC(C)C)NC(=O)[C@H](COCc1ccccc1)NC(=O)OC(C)(C)C)C(=O)NN. The van der Waals surface area contributed by atoms with Gasteiger partial charge >= 0.3 is 6.09 Å². The first-order valence-electron chi connectivity index (χ1n) is 22.1. The van der Waals surface area contributed by atoms with Crippen molar-refractivity contribution in [3.63, 3.8) is 0 Å². The number of alkyl carbamates (subject to hydrolysis) is 1. The van der Waals surface area contributed by atoms with Crippen LogP contribution in [-0.2, 0) is 57.9 Å². The molecule has 360 valence electrons. The van der Waals surface area contributed by atoms with E-state index in [1.165, 1.54) is 0 Å². The molecule has 0 bridgehead atoms. The van der Waals surface area contributed by atoms with Crippen LogP contribution in [-0.4, -0.2) is 84.0 Å². The average molecular weight is 917 g/mol. The Bertz CT molecular complexity index is 2030. The van der Waals surface area contributed by atoms with Crippen LogP contribution in [0.4, 0.5) is 4.79 Å². The number of hydrogen-bond acceptors (Lipinski definition) is 11. The van der Waals surface area contributed by atoms with Crippen molar-refractivity contribution < 1.29 is 47.8 Å². The number of amides is 7. The van der Waals surface area contributed by atoms with E-state index in [-0.39, 0.29) is 57.2 Å². The molecule has 0 saturated carbocycles. The first-order valence-corrected chi connectivity index (χ1v) is 22.1. The molecule has 0 aliphatic carbocycles. The Morgan fingerprint density at radius 2 is 1.03 bits per heavy atom. The summed E-state index contributed by atoms with van der Waals surface area (Å²) in [6.07, 6.45) is -1.17. The fourth-order valence-corrected chi connectivity index (χ4v) is 6.56. The maximum Gasteiger partial charge on any atom is 0.408 e. The summed E-state index contributed by atoms with van der Waals surface area (Å²) in [6.45, 7) is 12.6. The van der Waals surface area contributed by atoms with Crippen molar-refractivity contribution >= 4 is 41.5 Å². The molecule has 3 aromatic rings. The van der Waals surface area contributed by atoms with Gasteiger partial charge in [0.15, 0.2) is 0 Å². The van der Waals surface area contributed by atoms with Crippen molar-refractivity contribution in [2.45, 2.75) is 130 Å². The summed E-state index contributed by atoms with van der Waals surface area (Å²) in [5.74, 6) is 1.28. The maximum absolute atomic E-state index is 14.4. The number of carbonyl (C=O) groups is 7. The normalized spacial score (nSPS) is 13.5. The van der Waals surface area contributed by atoms with Crippen LogP contribution in [0.3, 0.4) is 0 Å². The third-order valence-electron chi connectivity index (χ3n) is 9.78. The number of ether oxygens (including phenoxy) is 3. The topological polar surface area (TPSA) is 271 Å². The Hall–Kier alpha value is -6.53. The highest BCUT2D eigenvalue weighted by Gasteiger charge is 2.34. The van der Waals surface area contributed by atoms with Gasteiger partial charge in [0.2, 0.25) is 29.5 Å². The molecular formula is C48H68N8O10. The van der Waals surface area contributed by atoms with Crippen molar-refractivity contribution in [3.8, 4) is 5.75 Å². The molecule has 3 aromatic carbocycles. The Labute approximate surface area is 387 Å². The van der Waals surface area contributed by atoms with Crippen LogP contribution in [0.15, 0.2) is 84.9 Å². The van der Waals surface area contributed by atoms with Crippen molar-refractivity contribution in [2.75, 3.05) is 6.61 Å². The summed E-state index contributed by atoms with van der Waals surface area (Å²) in [5, 5.41) is 13.3. The highest BCUT2D eigenvalue weighted by molar-refractivity contribution is 5.96. The molecule has 3 rings (SSSR count). The first-order chi connectivity index (χ1) is 31.2. The van der Waals surface area contributed by atoms with Crippen LogP contribution >= 0.6 is 0 Å². The molecule has 5 atom stereocenters. The van der Waals surface area contributed by atoms with E-state index in [0.717, 1.165) is 11.1 Å². The van der Waals surface area contributed by atoms with Gasteiger partial charge in [0, 0.05) is 12.8 Å². The first kappa shape index (κ1) is 53.8. The highest BCUT2D eigenvalue weighted by Crippen LogP contribution is 2.17. The zero-order valence-electron chi connectivity index (χ0n) is 39.0. The summed E-state index contributed by atoms with van der Waals surface area (Å²) < 4.78 is 17.2. The van der Waals surface area contributed by atoms with Gasteiger partial charge in [-0.2, -0.15) is 0 Å². The predicted octanol–water partition coefficient (Wildman–Crippen LogP) is 3.21. The van der Waals surface area contributed by atoms with Gasteiger partial charge in [0.25, 0.3) is 5.91 Å². The number of hydrogen-bond donors (Lipinski definition) is 8. The number of primary amides is 1. The summed E-state index contributed by atoms with van der Waals surface area (Å²) in [6, 6.07) is 19.4. The lowest BCUT2D eigenvalue weighted by molar-refractivity contribution is -0.135. The highest BCUT2D eigenvalue weighted by atomic mass is 16.6. The number of rotatable bonds is 26. The van der Waals surface area contributed by atoms with Crippen molar-refractivity contribution in [1.29, 1.82) is 0 Å². The van der Waals surface area contributed by atoms with E-state index >= 15 is 0 Å². The molecule has 66 heavy (non-hydrogen) atoms. The third-order valence-corrected chi connectivity index (χ3v) is 9.78. The number of hydrazine groups is 1. The largest absolute Gasteiger partial charge is 0.489 e. The zero-order valence-corrected chi connectivity index (χ0v) is 39.0. The van der Waals surface area contributed by atoms with Gasteiger partial charge < -0.3 is 46.5 Å². The zero-order chi connectivity index (χ0) is 48.8. The number of nitrogens with one attached hydrogen (secondary N) is 6. The van der Waals surface area contributed by atoms with E-state index in [9.17, 15) is 33.6 Å². The fourth-order valence-electron chi connectivity index (χ4n) is 6.56. The van der Waals surface area contributed by atoms with E-state index in [2.05, 4.69) is 26.6 Å². The second kappa shape index (κ2) is 27.1. The van der Waals surface area contributed by atoms with Crippen LogP contribution < -0.4 is 48.3 Å². The van der Waals surface area contributed by atoms with Gasteiger partial charge in [0.1, 0.15) is 48.2 Å². The molecule has 0 aromatic heterocycles. The number of carbonyl (C=O) groups excluding carboxylic acids is 7. The molecule has 0 aliphatic heterocycles. The summed E-state index contributed by atoms with van der Waals surface area (Å²) in [7, 11) is 0. The minimum absolute atomic E-state index is 0.0366. The Morgan fingerprint density at radius 1 is 0.561 bits per heavy atom. The minimum atomic E-state index is -1.37. The predicted molar refractivity (Wildman–Crippen MR) is 248 cm³/mol. The molecule has 0 heterocycles. The number of benzene rings is 3. The van der Waals surface area contributed by atoms with Crippen molar-refractivity contribution in [2.24, 2.45) is 23.4 Å². The molecule has 18 nitrogen and oxygen atoms in total. The standard InChI is InChI=1S/C48H68N8O10/c1-30(2)24-37(52-45(61)40(55-47(63)66-48(5,6)7)29-64-27-33-14-10-8-11-15-33)43(59)54-39(26-32-18-20-35(21-19-32)65-28-34-16-12-9-13-17-34)44(60)51-36(22-23-41(49)57)42(58)53-38(25-31(3)4)46(62)56-50/h8-21,30-31,36-40H,22-29,50H2,1-7H3,(H2,49,57)(H,51,60)(H,52,61)(H,53,58)(H,54,59)(H,55,63)(H,56,62)/t36-,37-,38-,39-,40-/m0/s1. The molecule has 10 N–H and O–H groups in total. The fraction of sp³-hybridized carbons (Fsp3) is 0.479. The van der Waals surface area contributed by atoms with Gasteiger partial charge in [-0.1, -0.05) is 100 Å². The molecular weight excluding hydrogens is 849 g/mol. The van der Waals surface area contributed by atoms with E-state index in [4.69, 9.17) is 25.8 Å². The minimum Gasteiger partial charge on any atom is -0.489 e. The second-order valence-corrected chi connectivity index (χ2v) is 17.8. The van der Waals surface area contributed by atoms with Gasteiger partial charge in [-0.25, -0.2) is 10.6 Å². The van der Waals surface area contributed by atoms with Gasteiger partial charge in [-0.3, -0.25) is 34.2 Å². The van der Waals surface area contributed by atoms with Crippen LogP contribution in [0.5, 0.6) is 5.75 Å². The third kappa shape index (κ3) is 20.5. The van der Waals surface area contributed by atoms with Gasteiger partial charge in [0.05, 0.1) is 13.2 Å². The van der Waals surface area contributed by atoms with Gasteiger partial charge in [-0.05, 0) is 80.7 Å². The smallest absolute Gasteiger partial charge is 0.408 e. The maximum atomic E-state index is 14.4. The van der Waals surface area contributed by atoms with Crippen LogP contribution in [0.25, 0.3) is 0 Å². The molecule has 18 heteroatoms. The van der Waals surface area contributed by atoms with E-state index in [0.29, 0.717) is 17.9 Å². The molecule has 7 amide bonds. The van der Waals surface area contributed by atoms with E-state index < -0.39 is 77.3 Å². The summed E-state index contributed by atoms with van der Waals surface area (Å²) >= 11 is 0. The molecule has 0 fully saturated rings. The molecule has 0 radical (unpaired) electrons. The summed E-state index contributed by atoms with van der Waals surface area (Å²) in [5.41, 5.74) is 8.99. The Balaban J connectivity index is 1.94. The molecule has 0 spiro atoms. The van der Waals surface area contributed by atoms with Gasteiger partial charge in [-0.15, -0.1) is 0 Å². The monoisotopic (exact) mass is 917 g/mol. The van der Waals surface area contributed by atoms with Crippen molar-refractivity contribution in [1.82, 2.24) is 32.0 Å². The van der Waals surface area contributed by atoms with Crippen LogP contribution in [0.2, 0.25) is 0 Å². The van der Waals surface area contributed by atoms with E-state index in [1.54, 1.807) is 45.0 Å². The Morgan fingerprint density at radius 3 is 1.55 bits per heavy atom. The Kier molecular flexibility index (Phi) is 22.1. The lowest BCUT2D eigenvalue weighted by Crippen LogP contribution is -2.60.